The summed E-state index contributed by atoms with van der Waals surface area (Å²) in [5.74, 6) is -0.381. The highest BCUT2D eigenvalue weighted by atomic mass is 16.8. The third-order valence-corrected chi connectivity index (χ3v) is 6.42. The third kappa shape index (κ3) is 5.46. The summed E-state index contributed by atoms with van der Waals surface area (Å²) < 4.78 is 34.3. The van der Waals surface area contributed by atoms with Gasteiger partial charge in [0, 0.05) is 19.1 Å². The first-order valence-electron chi connectivity index (χ1n) is 11.7. The second-order valence-corrected chi connectivity index (χ2v) is 9.33. The highest BCUT2D eigenvalue weighted by Gasteiger charge is 2.43. The maximum absolute atomic E-state index is 13.4. The van der Waals surface area contributed by atoms with Crippen molar-refractivity contribution in [1.82, 2.24) is 0 Å². The Morgan fingerprint density at radius 2 is 1.94 bits per heavy atom. The van der Waals surface area contributed by atoms with Crippen LogP contribution in [0, 0.1) is 5.92 Å². The average molecular weight is 475 g/mol. The van der Waals surface area contributed by atoms with E-state index in [2.05, 4.69) is 0 Å². The minimum Gasteiger partial charge on any atom is -0.497 e. The molecule has 5 atom stereocenters. The molecular formula is C26H34O8. The number of carbonyl (C=O) groups excluding carboxylic acids is 1. The van der Waals surface area contributed by atoms with Crippen molar-refractivity contribution in [2.45, 2.75) is 69.7 Å². The van der Waals surface area contributed by atoms with Crippen LogP contribution in [0.15, 0.2) is 30.4 Å². The van der Waals surface area contributed by atoms with Crippen molar-refractivity contribution in [2.75, 3.05) is 21.0 Å². The van der Waals surface area contributed by atoms with Gasteiger partial charge in [0.1, 0.15) is 35.4 Å². The van der Waals surface area contributed by atoms with E-state index in [1.165, 1.54) is 7.11 Å². The molecule has 0 aromatic heterocycles. The van der Waals surface area contributed by atoms with Crippen LogP contribution in [0.2, 0.25) is 0 Å². The van der Waals surface area contributed by atoms with Gasteiger partial charge in [0.25, 0.3) is 0 Å². The zero-order valence-electron chi connectivity index (χ0n) is 20.2. The monoisotopic (exact) mass is 474 g/mol. The Balaban J connectivity index is 1.76. The van der Waals surface area contributed by atoms with Crippen molar-refractivity contribution in [3.05, 3.63) is 41.5 Å². The van der Waals surface area contributed by atoms with E-state index in [9.17, 15) is 9.90 Å². The van der Waals surface area contributed by atoms with Gasteiger partial charge in [0.2, 0.25) is 0 Å². The van der Waals surface area contributed by atoms with Gasteiger partial charge >= 0.3 is 5.97 Å². The zero-order valence-corrected chi connectivity index (χ0v) is 20.2. The van der Waals surface area contributed by atoms with E-state index in [4.69, 9.17) is 28.4 Å². The Hall–Kier alpha value is -2.39. The molecule has 8 nitrogen and oxygen atoms in total. The summed E-state index contributed by atoms with van der Waals surface area (Å²) in [7, 11) is 3.07. The molecule has 0 radical (unpaired) electrons. The molecule has 0 amide bonds. The van der Waals surface area contributed by atoms with Crippen molar-refractivity contribution in [3.8, 4) is 11.5 Å². The number of hydrogen-bond donors (Lipinski definition) is 1. The lowest BCUT2D eigenvalue weighted by atomic mass is 9.98. The van der Waals surface area contributed by atoms with E-state index in [1.807, 2.05) is 32.1 Å². The Morgan fingerprint density at radius 1 is 1.12 bits per heavy atom. The number of aliphatic hydroxyl groups excluding tert-OH is 1. The Labute approximate surface area is 200 Å². The van der Waals surface area contributed by atoms with E-state index < -0.39 is 24.0 Å². The Morgan fingerprint density at radius 3 is 2.71 bits per heavy atom. The quantitative estimate of drug-likeness (QED) is 0.400. The van der Waals surface area contributed by atoms with E-state index in [0.29, 0.717) is 29.0 Å². The predicted octanol–water partition coefficient (Wildman–Crippen LogP) is 3.86. The van der Waals surface area contributed by atoms with Gasteiger partial charge in [-0.3, -0.25) is 0 Å². The molecule has 8 heteroatoms. The van der Waals surface area contributed by atoms with Crippen LogP contribution in [-0.2, 0) is 18.9 Å². The molecule has 1 saturated carbocycles. The minimum atomic E-state index is -0.832. The van der Waals surface area contributed by atoms with Crippen LogP contribution in [0.1, 0.15) is 55.5 Å². The van der Waals surface area contributed by atoms with Gasteiger partial charge in [0.15, 0.2) is 12.6 Å². The smallest absolute Gasteiger partial charge is 0.342 e. The summed E-state index contributed by atoms with van der Waals surface area (Å²) in [6.45, 7) is 3.66. The minimum absolute atomic E-state index is 0.0101. The van der Waals surface area contributed by atoms with Crippen LogP contribution >= 0.6 is 0 Å². The standard InChI is InChI=1S/C26H34O8/c1-26(2)33-21-10-6-8-17-13-18(30-4)14-22(31-15-29-3)23(17)25(28)32-20-9-5-7-16(20)11-12-19(27)24(21)34-26/h6,8,11-14,16,19-21,24,27H,5,7,9-10,15H2,1-4H3/b8-6?,12-11-/t16-,19?,20+,21+,24-/m1/s1. The molecule has 1 saturated heterocycles. The van der Waals surface area contributed by atoms with Crippen LogP contribution in [0.25, 0.3) is 6.08 Å². The fraction of sp³-hybridized carbons (Fsp3) is 0.577. The van der Waals surface area contributed by atoms with Crippen molar-refractivity contribution < 1.29 is 38.3 Å². The number of methoxy groups -OCH3 is 2. The molecule has 1 aliphatic carbocycles. The lowest BCUT2D eigenvalue weighted by molar-refractivity contribution is -0.152. The van der Waals surface area contributed by atoms with Gasteiger partial charge in [-0.25, -0.2) is 4.79 Å². The van der Waals surface area contributed by atoms with Gasteiger partial charge in [-0.05, 0) is 51.2 Å². The molecule has 1 aromatic rings. The van der Waals surface area contributed by atoms with Crippen molar-refractivity contribution in [2.24, 2.45) is 5.92 Å². The molecule has 186 valence electrons. The number of hydrogen-bond acceptors (Lipinski definition) is 8. The van der Waals surface area contributed by atoms with Gasteiger partial charge in [-0.15, -0.1) is 0 Å². The number of esters is 1. The first kappa shape index (κ1) is 24.7. The van der Waals surface area contributed by atoms with Gasteiger partial charge in [-0.2, -0.15) is 0 Å². The van der Waals surface area contributed by atoms with E-state index in [0.717, 1.165) is 19.3 Å². The lowest BCUT2D eigenvalue weighted by Crippen LogP contribution is -2.34. The van der Waals surface area contributed by atoms with Crippen LogP contribution in [0.5, 0.6) is 11.5 Å². The van der Waals surface area contributed by atoms with Gasteiger partial charge < -0.3 is 33.5 Å². The number of benzene rings is 1. The second-order valence-electron chi connectivity index (χ2n) is 9.33. The maximum Gasteiger partial charge on any atom is 0.342 e. The van der Waals surface area contributed by atoms with E-state index in [-0.39, 0.29) is 24.9 Å². The molecule has 2 fully saturated rings. The Bertz CT molecular complexity index is 937. The lowest BCUT2D eigenvalue weighted by Gasteiger charge is -2.22. The molecule has 2 aliphatic heterocycles. The SMILES string of the molecule is COCOc1cc(OC)cc2c1C(=O)O[C@H]1CCC[C@@H]1/C=C\C(O)[C@H]1OC(C)(C)O[C@H]1CC=C2. The predicted molar refractivity (Wildman–Crippen MR) is 125 cm³/mol. The first-order chi connectivity index (χ1) is 16.3. The zero-order chi connectivity index (χ0) is 24.3. The number of fused-ring (bicyclic) bond motifs is 3. The summed E-state index contributed by atoms with van der Waals surface area (Å²) in [6, 6.07) is 3.43. The van der Waals surface area contributed by atoms with Crippen LogP contribution < -0.4 is 9.47 Å². The summed E-state index contributed by atoms with van der Waals surface area (Å²) in [5, 5.41) is 10.9. The highest BCUT2D eigenvalue weighted by Crippen LogP contribution is 2.37. The molecular weight excluding hydrogens is 440 g/mol. The molecule has 4 rings (SSSR count). The van der Waals surface area contributed by atoms with E-state index in [1.54, 1.807) is 25.3 Å². The molecule has 2 heterocycles. The summed E-state index contributed by atoms with van der Waals surface area (Å²) in [6.07, 6.45) is 8.48. The largest absolute Gasteiger partial charge is 0.497 e. The number of rotatable bonds is 4. The van der Waals surface area contributed by atoms with Gasteiger partial charge in [-0.1, -0.05) is 24.3 Å². The molecule has 0 bridgehead atoms. The molecule has 1 aromatic carbocycles. The topological polar surface area (TPSA) is 92.7 Å². The van der Waals surface area contributed by atoms with Crippen molar-refractivity contribution in [1.29, 1.82) is 0 Å². The second kappa shape index (κ2) is 10.5. The summed E-state index contributed by atoms with van der Waals surface area (Å²) in [5.41, 5.74) is 0.925. The van der Waals surface area contributed by atoms with Crippen molar-refractivity contribution in [3.63, 3.8) is 0 Å². The highest BCUT2D eigenvalue weighted by molar-refractivity contribution is 5.97. The fourth-order valence-corrected chi connectivity index (χ4v) is 4.86. The number of carbonyl (C=O) groups is 1. The first-order valence-corrected chi connectivity index (χ1v) is 11.7. The number of aliphatic hydroxyl groups is 1. The Kier molecular flexibility index (Phi) is 7.62. The summed E-state index contributed by atoms with van der Waals surface area (Å²) >= 11 is 0. The fourth-order valence-electron chi connectivity index (χ4n) is 4.86. The van der Waals surface area contributed by atoms with E-state index >= 15 is 0 Å². The average Bonchev–Trinajstić information content (AvgIpc) is 3.37. The van der Waals surface area contributed by atoms with Gasteiger partial charge in [0.05, 0.1) is 13.2 Å². The molecule has 0 spiro atoms. The molecule has 3 aliphatic rings. The normalized spacial score (nSPS) is 31.6. The number of ether oxygens (including phenoxy) is 6. The third-order valence-electron chi connectivity index (χ3n) is 6.42. The molecule has 1 N–H and O–H groups in total. The van der Waals surface area contributed by atoms with Crippen molar-refractivity contribution >= 4 is 12.0 Å². The van der Waals surface area contributed by atoms with Crippen LogP contribution in [-0.4, -0.2) is 62.3 Å². The van der Waals surface area contributed by atoms with Crippen LogP contribution in [0.3, 0.4) is 0 Å². The molecule has 1 unspecified atom stereocenters. The van der Waals surface area contributed by atoms with Crippen LogP contribution in [0.4, 0.5) is 0 Å². The maximum atomic E-state index is 13.4. The summed E-state index contributed by atoms with van der Waals surface area (Å²) in [4.78, 5) is 13.4. The molecule has 34 heavy (non-hydrogen) atoms.